The van der Waals surface area contributed by atoms with Gasteiger partial charge in [0.2, 0.25) is 15.9 Å². The fourth-order valence-electron chi connectivity index (χ4n) is 2.04. The summed E-state index contributed by atoms with van der Waals surface area (Å²) in [4.78, 5) is 22.9. The summed E-state index contributed by atoms with van der Waals surface area (Å²) in [5, 5.41) is 18.6. The monoisotopic (exact) mass is 370 g/mol. The molecule has 10 heteroatoms. The van der Waals surface area contributed by atoms with Crippen molar-refractivity contribution in [1.82, 2.24) is 10.0 Å². The van der Waals surface area contributed by atoms with E-state index < -0.39 is 34.5 Å². The van der Waals surface area contributed by atoms with Crippen LogP contribution in [0.15, 0.2) is 29.2 Å². The van der Waals surface area contributed by atoms with Gasteiger partial charge in [0.15, 0.2) is 0 Å². The minimum Gasteiger partial charge on any atom is -0.480 e. The van der Waals surface area contributed by atoms with Gasteiger partial charge in [-0.05, 0) is 18.1 Å². The molecule has 1 aromatic rings. The largest absolute Gasteiger partial charge is 0.480 e. The normalized spacial score (nSPS) is 12.4. The zero-order valence-electron chi connectivity index (χ0n) is 13.8. The van der Waals surface area contributed by atoms with E-state index in [9.17, 15) is 23.1 Å². The third kappa shape index (κ3) is 6.51. The summed E-state index contributed by atoms with van der Waals surface area (Å²) in [5.41, 5.74) is 5.70. The molecule has 0 saturated heterocycles. The Labute approximate surface area is 146 Å². The van der Waals surface area contributed by atoms with E-state index in [0.29, 0.717) is 12.0 Å². The van der Waals surface area contributed by atoms with Gasteiger partial charge in [-0.2, -0.15) is 4.72 Å². The Morgan fingerprint density at radius 3 is 2.48 bits per heavy atom. The molecule has 1 rings (SSSR count). The number of amidine groups is 1. The van der Waals surface area contributed by atoms with Gasteiger partial charge in [-0.1, -0.05) is 25.1 Å². The van der Waals surface area contributed by atoms with Crippen molar-refractivity contribution in [2.45, 2.75) is 37.1 Å². The number of aryl methyl sites for hydroxylation is 1. The van der Waals surface area contributed by atoms with Crippen LogP contribution in [0.2, 0.25) is 0 Å². The Balaban J connectivity index is 2.82. The van der Waals surface area contributed by atoms with Gasteiger partial charge in [0.05, 0.1) is 10.7 Å². The summed E-state index contributed by atoms with van der Waals surface area (Å²) in [6.07, 6.45) is 0.433. The van der Waals surface area contributed by atoms with Crippen LogP contribution < -0.4 is 15.8 Å². The number of sulfonamides is 1. The number of benzene rings is 1. The predicted molar refractivity (Wildman–Crippen MR) is 91.7 cm³/mol. The molecular formula is C15H22N4O5S. The van der Waals surface area contributed by atoms with Crippen LogP contribution in [-0.4, -0.2) is 43.8 Å². The lowest BCUT2D eigenvalue weighted by atomic mass is 10.2. The summed E-state index contributed by atoms with van der Waals surface area (Å²) in [6, 6.07) is 4.77. The second-order valence-corrected chi connectivity index (χ2v) is 6.99. The fraction of sp³-hybridized carbons (Fsp3) is 0.400. The van der Waals surface area contributed by atoms with Gasteiger partial charge in [-0.3, -0.25) is 15.0 Å². The topological polar surface area (TPSA) is 162 Å². The first kappa shape index (κ1) is 20.6. The number of carboxylic acids is 1. The molecule has 25 heavy (non-hydrogen) atoms. The Morgan fingerprint density at radius 2 is 1.92 bits per heavy atom. The molecule has 6 N–H and O–H groups in total. The lowest BCUT2D eigenvalue weighted by Crippen LogP contribution is -2.48. The van der Waals surface area contributed by atoms with Crippen molar-refractivity contribution in [2.24, 2.45) is 5.73 Å². The van der Waals surface area contributed by atoms with Crippen molar-refractivity contribution in [3.63, 3.8) is 0 Å². The van der Waals surface area contributed by atoms with Gasteiger partial charge in [-0.25, -0.2) is 8.42 Å². The average Bonchev–Trinajstić information content (AvgIpc) is 2.56. The molecule has 0 heterocycles. The SMILES string of the molecule is CCc1ccccc1S(=O)(=O)NC(CNC(=O)CCC(=N)N)C(=O)O. The minimum atomic E-state index is -4.06. The molecule has 9 nitrogen and oxygen atoms in total. The first-order valence-electron chi connectivity index (χ1n) is 7.60. The van der Waals surface area contributed by atoms with E-state index in [0.717, 1.165) is 0 Å². The summed E-state index contributed by atoms with van der Waals surface area (Å²) in [5.74, 6) is -2.10. The molecular weight excluding hydrogens is 348 g/mol. The molecule has 0 aromatic heterocycles. The van der Waals surface area contributed by atoms with Crippen LogP contribution in [0.25, 0.3) is 0 Å². The van der Waals surface area contributed by atoms with Crippen LogP contribution in [0, 0.1) is 5.41 Å². The van der Waals surface area contributed by atoms with E-state index >= 15 is 0 Å². The number of rotatable bonds is 10. The van der Waals surface area contributed by atoms with Gasteiger partial charge < -0.3 is 16.2 Å². The Morgan fingerprint density at radius 1 is 1.28 bits per heavy atom. The summed E-state index contributed by atoms with van der Waals surface area (Å²) in [6.45, 7) is 1.37. The Kier molecular flexibility index (Phi) is 7.52. The lowest BCUT2D eigenvalue weighted by Gasteiger charge is -2.17. The highest BCUT2D eigenvalue weighted by Gasteiger charge is 2.27. The van der Waals surface area contributed by atoms with Gasteiger partial charge in [0.1, 0.15) is 6.04 Å². The Hall–Kier alpha value is -2.46. The standard InChI is InChI=1S/C15H22N4O5S/c1-2-10-5-3-4-6-12(10)25(23,24)19-11(15(21)22)9-18-14(20)8-7-13(16)17/h3-6,11,19H,2,7-9H2,1H3,(H3,16,17)(H,18,20)(H,21,22). The molecule has 1 aromatic carbocycles. The minimum absolute atomic E-state index is 0.00616. The van der Waals surface area contributed by atoms with E-state index in [1.165, 1.54) is 6.07 Å². The molecule has 1 unspecified atom stereocenters. The average molecular weight is 370 g/mol. The van der Waals surface area contributed by atoms with Crippen LogP contribution in [0.1, 0.15) is 25.3 Å². The van der Waals surface area contributed by atoms with E-state index in [1.54, 1.807) is 25.1 Å². The van der Waals surface area contributed by atoms with Gasteiger partial charge >= 0.3 is 5.97 Å². The zero-order valence-corrected chi connectivity index (χ0v) is 14.6. The number of hydrogen-bond acceptors (Lipinski definition) is 5. The lowest BCUT2D eigenvalue weighted by molar-refractivity contribution is -0.138. The highest BCUT2D eigenvalue weighted by Crippen LogP contribution is 2.16. The highest BCUT2D eigenvalue weighted by atomic mass is 32.2. The van der Waals surface area contributed by atoms with E-state index in [-0.39, 0.29) is 23.6 Å². The summed E-state index contributed by atoms with van der Waals surface area (Å²) < 4.78 is 27.0. The van der Waals surface area contributed by atoms with Gasteiger partial charge in [0, 0.05) is 19.4 Å². The van der Waals surface area contributed by atoms with Crippen LogP contribution >= 0.6 is 0 Å². The maximum Gasteiger partial charge on any atom is 0.323 e. The van der Waals surface area contributed by atoms with Crippen LogP contribution in [0.3, 0.4) is 0 Å². The maximum atomic E-state index is 12.5. The van der Waals surface area contributed by atoms with Crippen molar-refractivity contribution in [2.75, 3.05) is 6.54 Å². The van der Waals surface area contributed by atoms with Gasteiger partial charge in [-0.15, -0.1) is 0 Å². The Bertz CT molecular complexity index is 748. The van der Waals surface area contributed by atoms with E-state index in [4.69, 9.17) is 11.1 Å². The third-order valence-corrected chi connectivity index (χ3v) is 4.94. The fourth-order valence-corrected chi connectivity index (χ4v) is 3.54. The number of aliphatic carboxylic acids is 1. The molecule has 0 bridgehead atoms. The summed E-state index contributed by atoms with van der Waals surface area (Å²) >= 11 is 0. The van der Waals surface area contributed by atoms with Crippen molar-refractivity contribution in [3.8, 4) is 0 Å². The number of carbonyl (C=O) groups is 2. The smallest absolute Gasteiger partial charge is 0.323 e. The first-order chi connectivity index (χ1) is 11.7. The second-order valence-electron chi connectivity index (χ2n) is 5.30. The van der Waals surface area contributed by atoms with Crippen molar-refractivity contribution < 1.29 is 23.1 Å². The molecule has 138 valence electrons. The number of hydrogen-bond donors (Lipinski definition) is 5. The van der Waals surface area contributed by atoms with Crippen LogP contribution in [0.5, 0.6) is 0 Å². The molecule has 1 amide bonds. The maximum absolute atomic E-state index is 12.5. The van der Waals surface area contributed by atoms with Crippen molar-refractivity contribution in [1.29, 1.82) is 5.41 Å². The quantitative estimate of drug-likeness (QED) is 0.283. The van der Waals surface area contributed by atoms with Crippen molar-refractivity contribution in [3.05, 3.63) is 29.8 Å². The van der Waals surface area contributed by atoms with E-state index in [2.05, 4.69) is 10.0 Å². The molecule has 1 atom stereocenters. The molecule has 0 fully saturated rings. The number of nitrogens with two attached hydrogens (primary N) is 1. The molecule has 0 radical (unpaired) electrons. The molecule has 0 aliphatic rings. The number of carboxylic acid groups (broad SMARTS) is 1. The first-order valence-corrected chi connectivity index (χ1v) is 9.08. The number of nitrogens with one attached hydrogen (secondary N) is 3. The number of amides is 1. The molecule has 0 saturated carbocycles. The summed E-state index contributed by atoms with van der Waals surface area (Å²) in [7, 11) is -4.06. The van der Waals surface area contributed by atoms with Gasteiger partial charge in [0.25, 0.3) is 0 Å². The third-order valence-electron chi connectivity index (χ3n) is 3.36. The predicted octanol–water partition coefficient (Wildman–Crippen LogP) is -0.187. The number of carbonyl (C=O) groups excluding carboxylic acids is 1. The highest BCUT2D eigenvalue weighted by molar-refractivity contribution is 7.89. The van der Waals surface area contributed by atoms with Crippen molar-refractivity contribution >= 4 is 27.7 Å². The van der Waals surface area contributed by atoms with E-state index in [1.807, 2.05) is 0 Å². The van der Waals surface area contributed by atoms with Crippen LogP contribution in [-0.2, 0) is 26.0 Å². The second kappa shape index (κ2) is 9.14. The molecule has 0 aliphatic carbocycles. The zero-order chi connectivity index (χ0) is 19.0. The van der Waals surface area contributed by atoms with Crippen LogP contribution in [0.4, 0.5) is 0 Å². The molecule has 0 aliphatic heterocycles. The molecule has 0 spiro atoms.